The minimum absolute atomic E-state index is 0. The van der Waals surface area contributed by atoms with Gasteiger partial charge in [-0.2, -0.15) is 0 Å². The summed E-state index contributed by atoms with van der Waals surface area (Å²) in [7, 11) is 0. The van der Waals surface area contributed by atoms with Gasteiger partial charge in [0.05, 0.1) is 5.69 Å². The largest absolute Gasteiger partial charge is 0.357 e. The molecule has 1 saturated heterocycles. The van der Waals surface area contributed by atoms with Crippen LogP contribution in [0.1, 0.15) is 31.2 Å². The van der Waals surface area contributed by atoms with Crippen LogP contribution in [-0.4, -0.2) is 48.7 Å². The van der Waals surface area contributed by atoms with Gasteiger partial charge in [0.25, 0.3) is 0 Å². The van der Waals surface area contributed by atoms with Crippen molar-refractivity contribution >= 4 is 46.4 Å². The molecule has 0 unspecified atom stereocenters. The van der Waals surface area contributed by atoms with E-state index < -0.39 is 0 Å². The molecule has 0 amide bonds. The maximum Gasteiger partial charge on any atom is 0.191 e. The van der Waals surface area contributed by atoms with Gasteiger partial charge >= 0.3 is 0 Å². The molecular formula is C19H29IN6S. The first-order chi connectivity index (χ1) is 12.8. The van der Waals surface area contributed by atoms with Crippen LogP contribution in [0.5, 0.6) is 0 Å². The summed E-state index contributed by atoms with van der Waals surface area (Å²) in [6, 6.07) is 5.99. The molecule has 1 aliphatic rings. The van der Waals surface area contributed by atoms with Crippen molar-refractivity contribution in [3.8, 4) is 0 Å². The molecule has 148 valence electrons. The van der Waals surface area contributed by atoms with Gasteiger partial charge in [0.1, 0.15) is 0 Å². The predicted octanol–water partition coefficient (Wildman–Crippen LogP) is 3.10. The van der Waals surface area contributed by atoms with Crippen LogP contribution in [0.4, 0.5) is 5.13 Å². The number of aromatic nitrogens is 2. The van der Waals surface area contributed by atoms with Gasteiger partial charge in [-0.15, -0.1) is 35.3 Å². The fourth-order valence-electron chi connectivity index (χ4n) is 2.94. The average Bonchev–Trinajstić information content (AvgIpc) is 3.34. The molecule has 2 aromatic rings. The van der Waals surface area contributed by atoms with Crippen LogP contribution in [0.2, 0.25) is 0 Å². The number of hydrogen-bond donors (Lipinski definition) is 2. The second-order valence-corrected chi connectivity index (χ2v) is 7.16. The van der Waals surface area contributed by atoms with E-state index in [1.54, 1.807) is 11.3 Å². The number of halogens is 1. The third-order valence-corrected chi connectivity index (χ3v) is 5.25. The number of aliphatic imine (C=N–C) groups is 1. The van der Waals surface area contributed by atoms with Gasteiger partial charge in [0.15, 0.2) is 11.1 Å². The van der Waals surface area contributed by atoms with Crippen molar-refractivity contribution in [3.05, 3.63) is 41.2 Å². The third-order valence-electron chi connectivity index (χ3n) is 4.30. The van der Waals surface area contributed by atoms with E-state index in [4.69, 9.17) is 4.98 Å². The standard InChI is InChI=1S/C19H28N6S.HI/c1-2-20-18(22-11-8-16-7-3-4-10-21-16)23-12-9-17-15-26-19(24-17)25-13-5-6-14-25;/h3-4,7,10,15H,2,5-6,8-9,11-14H2,1H3,(H2,20,22,23);1H. The Labute approximate surface area is 182 Å². The number of hydrogen-bond acceptors (Lipinski definition) is 5. The van der Waals surface area contributed by atoms with Crippen LogP contribution in [0.25, 0.3) is 0 Å². The summed E-state index contributed by atoms with van der Waals surface area (Å²) < 4.78 is 0. The molecule has 27 heavy (non-hydrogen) atoms. The minimum atomic E-state index is 0. The number of thiazole rings is 1. The van der Waals surface area contributed by atoms with Crippen LogP contribution in [0, 0.1) is 0 Å². The smallest absolute Gasteiger partial charge is 0.191 e. The zero-order valence-corrected chi connectivity index (χ0v) is 19.0. The van der Waals surface area contributed by atoms with Crippen molar-refractivity contribution < 1.29 is 0 Å². The molecule has 3 heterocycles. The second-order valence-electron chi connectivity index (χ2n) is 6.32. The zero-order chi connectivity index (χ0) is 18.0. The number of pyridine rings is 1. The Bertz CT molecular complexity index is 685. The van der Waals surface area contributed by atoms with Crippen LogP contribution < -0.4 is 15.5 Å². The second kappa shape index (κ2) is 12.1. The fraction of sp³-hybridized carbons (Fsp3) is 0.526. The molecule has 0 radical (unpaired) electrons. The first-order valence-electron chi connectivity index (χ1n) is 9.46. The molecule has 0 saturated carbocycles. The monoisotopic (exact) mass is 500 g/mol. The molecule has 2 N–H and O–H groups in total. The highest BCUT2D eigenvalue weighted by Gasteiger charge is 2.15. The van der Waals surface area contributed by atoms with Crippen LogP contribution in [0.3, 0.4) is 0 Å². The van der Waals surface area contributed by atoms with E-state index in [0.29, 0.717) is 0 Å². The van der Waals surface area contributed by atoms with Crippen molar-refractivity contribution in [2.75, 3.05) is 37.6 Å². The quantitative estimate of drug-likeness (QED) is 0.332. The fourth-order valence-corrected chi connectivity index (χ4v) is 3.86. The van der Waals surface area contributed by atoms with E-state index in [-0.39, 0.29) is 24.0 Å². The molecule has 1 aliphatic heterocycles. The first kappa shape index (κ1) is 21.9. The van der Waals surface area contributed by atoms with Gasteiger partial charge in [-0.05, 0) is 31.9 Å². The van der Waals surface area contributed by atoms with Crippen molar-refractivity contribution in [2.45, 2.75) is 32.6 Å². The summed E-state index contributed by atoms with van der Waals surface area (Å²) in [4.78, 5) is 16.1. The summed E-state index contributed by atoms with van der Waals surface area (Å²) in [6.45, 7) is 6.79. The molecule has 0 spiro atoms. The minimum Gasteiger partial charge on any atom is -0.357 e. The highest BCUT2D eigenvalue weighted by molar-refractivity contribution is 14.0. The van der Waals surface area contributed by atoms with Gasteiger partial charge < -0.3 is 15.5 Å². The van der Waals surface area contributed by atoms with E-state index in [2.05, 4.69) is 37.8 Å². The Hall–Kier alpha value is -1.42. The maximum atomic E-state index is 4.77. The van der Waals surface area contributed by atoms with Crippen molar-refractivity contribution in [2.24, 2.45) is 4.99 Å². The Morgan fingerprint density at radius 1 is 1.19 bits per heavy atom. The lowest BCUT2D eigenvalue weighted by Gasteiger charge is -2.12. The lowest BCUT2D eigenvalue weighted by Crippen LogP contribution is -2.38. The average molecular weight is 500 g/mol. The van der Waals surface area contributed by atoms with Crippen LogP contribution in [0.15, 0.2) is 34.8 Å². The van der Waals surface area contributed by atoms with Crippen LogP contribution >= 0.6 is 35.3 Å². The molecule has 1 fully saturated rings. The highest BCUT2D eigenvalue weighted by Crippen LogP contribution is 2.24. The number of anilines is 1. The molecular weight excluding hydrogens is 471 g/mol. The third kappa shape index (κ3) is 7.25. The van der Waals surface area contributed by atoms with Crippen LogP contribution in [-0.2, 0) is 12.8 Å². The van der Waals surface area contributed by atoms with Gasteiger partial charge in [0.2, 0.25) is 0 Å². The SMILES string of the molecule is CCNC(=NCCc1ccccn1)NCCc1csc(N2CCCC2)n1.I. The number of nitrogens with zero attached hydrogens (tertiary/aromatic N) is 4. The first-order valence-corrected chi connectivity index (χ1v) is 10.3. The molecule has 6 nitrogen and oxygen atoms in total. The summed E-state index contributed by atoms with van der Waals surface area (Å²) in [5.41, 5.74) is 2.23. The van der Waals surface area contributed by atoms with E-state index >= 15 is 0 Å². The Kier molecular flexibility index (Phi) is 9.82. The van der Waals surface area contributed by atoms with Gasteiger partial charge in [0, 0.05) is 62.8 Å². The summed E-state index contributed by atoms with van der Waals surface area (Å²) in [5.74, 6) is 0.860. The number of rotatable bonds is 8. The molecule has 2 aromatic heterocycles. The van der Waals surface area contributed by atoms with E-state index in [1.807, 2.05) is 24.4 Å². The summed E-state index contributed by atoms with van der Waals surface area (Å²) in [5, 5.41) is 10.1. The Morgan fingerprint density at radius 3 is 2.78 bits per heavy atom. The van der Waals surface area contributed by atoms with Crippen molar-refractivity contribution in [3.63, 3.8) is 0 Å². The predicted molar refractivity (Wildman–Crippen MR) is 125 cm³/mol. The summed E-state index contributed by atoms with van der Waals surface area (Å²) in [6.07, 6.45) is 6.17. The lowest BCUT2D eigenvalue weighted by molar-refractivity contribution is 0.785. The van der Waals surface area contributed by atoms with E-state index in [0.717, 1.165) is 62.9 Å². The molecule has 0 atom stereocenters. The molecule has 0 aliphatic carbocycles. The van der Waals surface area contributed by atoms with Crippen molar-refractivity contribution in [1.82, 2.24) is 20.6 Å². The van der Waals surface area contributed by atoms with E-state index in [1.165, 1.54) is 18.0 Å². The van der Waals surface area contributed by atoms with Crippen molar-refractivity contribution in [1.29, 1.82) is 0 Å². The topological polar surface area (TPSA) is 65.4 Å². The molecule has 0 aromatic carbocycles. The van der Waals surface area contributed by atoms with Gasteiger partial charge in [-0.25, -0.2) is 4.98 Å². The number of nitrogens with one attached hydrogen (secondary N) is 2. The Morgan fingerprint density at radius 2 is 2.04 bits per heavy atom. The van der Waals surface area contributed by atoms with E-state index in [9.17, 15) is 0 Å². The Balaban J connectivity index is 0.00000261. The van der Waals surface area contributed by atoms with Gasteiger partial charge in [-0.3, -0.25) is 9.98 Å². The number of guanidine groups is 1. The van der Waals surface area contributed by atoms with Gasteiger partial charge in [-0.1, -0.05) is 6.07 Å². The molecule has 3 rings (SSSR count). The highest BCUT2D eigenvalue weighted by atomic mass is 127. The summed E-state index contributed by atoms with van der Waals surface area (Å²) >= 11 is 1.76. The lowest BCUT2D eigenvalue weighted by atomic mass is 10.3. The normalized spacial score (nSPS) is 14.1. The molecule has 8 heteroatoms. The zero-order valence-electron chi connectivity index (χ0n) is 15.9. The molecule has 0 bridgehead atoms. The maximum absolute atomic E-state index is 4.77.